The molecule has 2 aliphatic carbocycles. The zero-order valence-corrected chi connectivity index (χ0v) is 16.6. The highest BCUT2D eigenvalue weighted by Gasteiger charge is 2.43. The van der Waals surface area contributed by atoms with Crippen LogP contribution in [0, 0.1) is 0 Å². The molecular formula is C21H20Cl2O4. The number of carbonyl (C=O) groups excluding carboxylic acids is 2. The quantitative estimate of drug-likeness (QED) is 0.662. The summed E-state index contributed by atoms with van der Waals surface area (Å²) >= 11 is 12.7. The van der Waals surface area contributed by atoms with Crippen LogP contribution in [-0.2, 0) is 14.3 Å². The average Bonchev–Trinajstić information content (AvgIpc) is 2.63. The molecular weight excluding hydrogens is 387 g/mol. The van der Waals surface area contributed by atoms with Gasteiger partial charge in [-0.1, -0.05) is 23.2 Å². The number of ether oxygens (including phenoxy) is 2. The summed E-state index contributed by atoms with van der Waals surface area (Å²) < 4.78 is 11.9. The maximum Gasteiger partial charge on any atom is 0.163 e. The molecule has 1 aromatic carbocycles. The molecule has 142 valence electrons. The number of ketones is 2. The summed E-state index contributed by atoms with van der Waals surface area (Å²) in [6.45, 7) is 2.28. The lowest BCUT2D eigenvalue weighted by molar-refractivity contribution is -0.117. The number of hydrogen-bond donors (Lipinski definition) is 0. The molecule has 0 atom stereocenters. The Labute approximate surface area is 168 Å². The first-order chi connectivity index (χ1) is 13.0. The summed E-state index contributed by atoms with van der Waals surface area (Å²) in [5.41, 5.74) is 1.80. The molecule has 0 N–H and O–H groups in total. The van der Waals surface area contributed by atoms with Crippen LogP contribution in [0.1, 0.15) is 56.9 Å². The minimum absolute atomic E-state index is 0.0183. The molecule has 0 saturated carbocycles. The van der Waals surface area contributed by atoms with Gasteiger partial charge in [0.15, 0.2) is 11.6 Å². The van der Waals surface area contributed by atoms with Gasteiger partial charge in [-0.05, 0) is 31.9 Å². The Morgan fingerprint density at radius 2 is 1.59 bits per heavy atom. The maximum absolute atomic E-state index is 12.9. The van der Waals surface area contributed by atoms with Gasteiger partial charge in [0.05, 0.1) is 17.5 Å². The van der Waals surface area contributed by atoms with Crippen LogP contribution in [0.5, 0.6) is 5.75 Å². The number of hydrogen-bond acceptors (Lipinski definition) is 4. The van der Waals surface area contributed by atoms with E-state index in [0.717, 1.165) is 12.8 Å². The molecule has 0 amide bonds. The van der Waals surface area contributed by atoms with Crippen LogP contribution in [0.25, 0.3) is 0 Å². The van der Waals surface area contributed by atoms with Crippen LogP contribution in [0.4, 0.5) is 0 Å². The van der Waals surface area contributed by atoms with Gasteiger partial charge in [-0.2, -0.15) is 0 Å². The van der Waals surface area contributed by atoms with E-state index in [-0.39, 0.29) is 11.6 Å². The number of Topliss-reactive ketones (excluding diaryl/α,β-unsaturated/α-hetero) is 2. The van der Waals surface area contributed by atoms with Crippen molar-refractivity contribution < 1.29 is 19.1 Å². The van der Waals surface area contributed by atoms with E-state index in [4.69, 9.17) is 32.7 Å². The lowest BCUT2D eigenvalue weighted by atomic mass is 9.73. The normalized spacial score (nSPS) is 20.4. The fraction of sp³-hybridized carbons (Fsp3) is 0.429. The molecule has 0 unspecified atom stereocenters. The molecule has 0 fully saturated rings. The molecule has 0 spiro atoms. The van der Waals surface area contributed by atoms with Gasteiger partial charge in [0.1, 0.15) is 17.3 Å². The summed E-state index contributed by atoms with van der Waals surface area (Å²) in [6.07, 6.45) is 3.81. The Morgan fingerprint density at radius 1 is 1.00 bits per heavy atom. The largest absolute Gasteiger partial charge is 0.492 e. The summed E-state index contributed by atoms with van der Waals surface area (Å²) in [5.74, 6) is 1.36. The lowest BCUT2D eigenvalue weighted by Crippen LogP contribution is -2.30. The lowest BCUT2D eigenvalue weighted by Gasteiger charge is -2.36. The van der Waals surface area contributed by atoms with Gasteiger partial charge in [-0.25, -0.2) is 0 Å². The van der Waals surface area contributed by atoms with Crippen LogP contribution in [0.3, 0.4) is 0 Å². The van der Waals surface area contributed by atoms with Crippen molar-refractivity contribution in [2.24, 2.45) is 0 Å². The van der Waals surface area contributed by atoms with E-state index < -0.39 is 5.92 Å². The predicted molar refractivity (Wildman–Crippen MR) is 103 cm³/mol. The molecule has 0 aromatic heterocycles. The van der Waals surface area contributed by atoms with Crippen molar-refractivity contribution in [3.05, 3.63) is 50.4 Å². The van der Waals surface area contributed by atoms with Crippen LogP contribution < -0.4 is 4.74 Å². The molecule has 4 nitrogen and oxygen atoms in total. The molecule has 0 radical (unpaired) electrons. The standard InChI is InChI=1S/C21H20Cl2O4/c1-2-26-21-12(9-11(22)10-13(21)23)18-19-14(24)5-3-7-16(19)27-17-8-4-6-15(25)20(17)18/h9-10,18H,2-8H2,1H3. The highest BCUT2D eigenvalue weighted by Crippen LogP contribution is 2.51. The average molecular weight is 407 g/mol. The van der Waals surface area contributed by atoms with Crippen LogP contribution >= 0.6 is 23.2 Å². The van der Waals surface area contributed by atoms with E-state index >= 15 is 0 Å². The highest BCUT2D eigenvalue weighted by molar-refractivity contribution is 6.35. The zero-order valence-electron chi connectivity index (χ0n) is 15.1. The third kappa shape index (κ3) is 3.19. The molecule has 1 aliphatic heterocycles. The molecule has 6 heteroatoms. The van der Waals surface area contributed by atoms with E-state index in [1.807, 2.05) is 6.92 Å². The van der Waals surface area contributed by atoms with Crippen molar-refractivity contribution in [3.63, 3.8) is 0 Å². The third-order valence-corrected chi connectivity index (χ3v) is 5.78. The van der Waals surface area contributed by atoms with Crippen molar-refractivity contribution in [2.75, 3.05) is 6.61 Å². The van der Waals surface area contributed by atoms with Crippen LogP contribution in [-0.4, -0.2) is 18.2 Å². The van der Waals surface area contributed by atoms with E-state index in [1.165, 1.54) is 0 Å². The first-order valence-corrected chi connectivity index (χ1v) is 10.1. The summed E-state index contributed by atoms with van der Waals surface area (Å²) in [7, 11) is 0. The minimum atomic E-state index is -0.526. The summed E-state index contributed by atoms with van der Waals surface area (Å²) in [6, 6.07) is 3.38. The SMILES string of the molecule is CCOc1c(Cl)cc(Cl)cc1C1C2=C(CCCC2=O)OC2=C1C(=O)CCC2. The smallest absolute Gasteiger partial charge is 0.163 e. The Kier molecular flexibility index (Phi) is 5.04. The second-order valence-corrected chi connectivity index (χ2v) is 7.84. The van der Waals surface area contributed by atoms with Crippen molar-refractivity contribution in [2.45, 2.75) is 51.4 Å². The number of rotatable bonds is 3. The van der Waals surface area contributed by atoms with Gasteiger partial charge < -0.3 is 9.47 Å². The molecule has 0 bridgehead atoms. The Balaban J connectivity index is 1.98. The van der Waals surface area contributed by atoms with Gasteiger partial charge in [-0.3, -0.25) is 9.59 Å². The minimum Gasteiger partial charge on any atom is -0.492 e. The second kappa shape index (κ2) is 7.33. The van der Waals surface area contributed by atoms with Crippen LogP contribution in [0.15, 0.2) is 34.8 Å². The van der Waals surface area contributed by atoms with Gasteiger partial charge in [0, 0.05) is 47.4 Å². The van der Waals surface area contributed by atoms with Gasteiger partial charge in [-0.15, -0.1) is 0 Å². The fourth-order valence-electron chi connectivity index (χ4n) is 4.22. The van der Waals surface area contributed by atoms with Crippen molar-refractivity contribution in [3.8, 4) is 5.75 Å². The fourth-order valence-corrected chi connectivity index (χ4v) is 4.78. The van der Waals surface area contributed by atoms with E-state index in [1.54, 1.807) is 12.1 Å². The van der Waals surface area contributed by atoms with E-state index in [0.29, 0.717) is 76.3 Å². The first-order valence-electron chi connectivity index (χ1n) is 9.33. The Hall–Kier alpha value is -1.78. The van der Waals surface area contributed by atoms with Gasteiger partial charge >= 0.3 is 0 Å². The van der Waals surface area contributed by atoms with E-state index in [2.05, 4.69) is 0 Å². The Morgan fingerprint density at radius 3 is 2.15 bits per heavy atom. The van der Waals surface area contributed by atoms with Crippen molar-refractivity contribution in [1.82, 2.24) is 0 Å². The molecule has 0 saturated heterocycles. The van der Waals surface area contributed by atoms with Crippen molar-refractivity contribution in [1.29, 1.82) is 0 Å². The van der Waals surface area contributed by atoms with E-state index in [9.17, 15) is 9.59 Å². The zero-order chi connectivity index (χ0) is 19.1. The van der Waals surface area contributed by atoms with Gasteiger partial charge in [0.2, 0.25) is 0 Å². The number of halogens is 2. The number of allylic oxidation sites excluding steroid dienone is 4. The maximum atomic E-state index is 12.9. The van der Waals surface area contributed by atoms with Gasteiger partial charge in [0.25, 0.3) is 0 Å². The topological polar surface area (TPSA) is 52.6 Å². The van der Waals surface area contributed by atoms with Crippen LogP contribution in [0.2, 0.25) is 10.0 Å². The molecule has 3 aliphatic rings. The molecule has 1 aromatic rings. The monoisotopic (exact) mass is 406 g/mol. The third-order valence-electron chi connectivity index (χ3n) is 5.28. The first kappa shape index (κ1) is 18.6. The number of benzene rings is 1. The highest BCUT2D eigenvalue weighted by atomic mass is 35.5. The van der Waals surface area contributed by atoms with Crippen molar-refractivity contribution >= 4 is 34.8 Å². The molecule has 27 heavy (non-hydrogen) atoms. The number of carbonyl (C=O) groups is 2. The second-order valence-electron chi connectivity index (χ2n) is 7.00. The summed E-state index contributed by atoms with van der Waals surface area (Å²) in [4.78, 5) is 25.7. The molecule has 4 rings (SSSR count). The summed E-state index contributed by atoms with van der Waals surface area (Å²) in [5, 5.41) is 0.822. The Bertz CT molecular complexity index is 856. The molecule has 1 heterocycles. The predicted octanol–water partition coefficient (Wildman–Crippen LogP) is 5.52.